The highest BCUT2D eigenvalue weighted by molar-refractivity contribution is 5.65. The number of anilines is 1. The number of piperidine rings is 4. The second-order valence-corrected chi connectivity index (χ2v) is 8.78. The van der Waals surface area contributed by atoms with Gasteiger partial charge in [0.05, 0.1) is 30.7 Å². The normalized spacial score (nSPS) is 55.9. The second kappa shape index (κ2) is 3.68. The van der Waals surface area contributed by atoms with Gasteiger partial charge in [-0.25, -0.2) is 0 Å². The number of allylic oxidation sites excluding steroid dienone is 1. The quantitative estimate of drug-likeness (QED) is 0.569. The van der Waals surface area contributed by atoms with Crippen molar-refractivity contribution in [3.63, 3.8) is 0 Å². The number of hydrogen-bond acceptors (Lipinski definition) is 2. The Morgan fingerprint density at radius 2 is 2.13 bits per heavy atom. The predicted molar refractivity (Wildman–Crippen MR) is 90.1 cm³/mol. The fourth-order valence-corrected chi connectivity index (χ4v) is 7.57. The SMILES string of the molecule is C/C=C1\C[N+]2(C)[C@H]3C[C@@]45c6ccccc6N[C@H]4[C@@H]2C[C@@H]1[C@@H]3[C@H]5O. The fourth-order valence-electron chi connectivity index (χ4n) is 7.57. The molecule has 1 aliphatic carbocycles. The minimum atomic E-state index is -0.196. The van der Waals surface area contributed by atoms with Crippen LogP contribution in [0.1, 0.15) is 25.3 Å². The van der Waals surface area contributed by atoms with Crippen LogP contribution in [-0.2, 0) is 5.41 Å². The van der Waals surface area contributed by atoms with Crippen molar-refractivity contribution in [2.75, 3.05) is 18.9 Å². The van der Waals surface area contributed by atoms with E-state index >= 15 is 0 Å². The Bertz CT molecular complexity index is 758. The largest absolute Gasteiger partial charge is 0.392 e. The molecule has 8 atom stereocenters. The number of nitrogens with one attached hydrogen (secondary N) is 1. The van der Waals surface area contributed by atoms with E-state index in [1.165, 1.54) is 24.2 Å². The molecule has 0 amide bonds. The van der Waals surface area contributed by atoms with E-state index in [2.05, 4.69) is 49.6 Å². The third kappa shape index (κ3) is 1.14. The van der Waals surface area contributed by atoms with Gasteiger partial charge >= 0.3 is 0 Å². The second-order valence-electron chi connectivity index (χ2n) is 8.78. The zero-order valence-corrected chi connectivity index (χ0v) is 13.9. The minimum Gasteiger partial charge on any atom is -0.392 e. The lowest BCUT2D eigenvalue weighted by molar-refractivity contribution is -0.973. The summed E-state index contributed by atoms with van der Waals surface area (Å²) < 4.78 is 1.16. The highest BCUT2D eigenvalue weighted by atomic mass is 16.3. The number of aliphatic hydroxyl groups excluding tert-OH is 1. The predicted octanol–water partition coefficient (Wildman–Crippen LogP) is 2.28. The van der Waals surface area contributed by atoms with Crippen molar-refractivity contribution in [2.24, 2.45) is 11.8 Å². The molecule has 1 unspecified atom stereocenters. The van der Waals surface area contributed by atoms with Gasteiger partial charge in [-0.2, -0.15) is 0 Å². The molecule has 5 heterocycles. The van der Waals surface area contributed by atoms with Crippen LogP contribution in [0.25, 0.3) is 0 Å². The van der Waals surface area contributed by atoms with Crippen LogP contribution in [-0.4, -0.2) is 47.4 Å². The monoisotopic (exact) mass is 309 g/mol. The van der Waals surface area contributed by atoms with Crippen molar-refractivity contribution in [3.8, 4) is 0 Å². The smallest absolute Gasteiger partial charge is 0.111 e. The average molecular weight is 309 g/mol. The zero-order chi connectivity index (χ0) is 15.6. The van der Waals surface area contributed by atoms with Gasteiger partial charge in [0, 0.05) is 30.4 Å². The maximum atomic E-state index is 11.6. The Morgan fingerprint density at radius 3 is 2.96 bits per heavy atom. The molecule has 5 fully saturated rings. The van der Waals surface area contributed by atoms with Gasteiger partial charge in [-0.3, -0.25) is 0 Å². The number of benzene rings is 1. The third-order valence-corrected chi connectivity index (χ3v) is 8.41. The van der Waals surface area contributed by atoms with Crippen LogP contribution in [0, 0.1) is 11.8 Å². The standard InChI is InChI=1S/C20H25N2O/c1-3-11-10-22(2)15-8-12(11)17-16(22)9-20(19(17)23)13-6-4-5-7-14(13)21-18(15)20/h3-7,12,15-19,21,23H,8-10H2,1-2H3/q+1/b11-3+/t12-,15-,16-,17-,18-,19+,20+,22?/m0/s1. The zero-order valence-electron chi connectivity index (χ0n) is 13.9. The number of para-hydroxylation sites is 1. The lowest BCUT2D eigenvalue weighted by Gasteiger charge is -2.62. The molecule has 120 valence electrons. The van der Waals surface area contributed by atoms with Gasteiger partial charge in [0.2, 0.25) is 0 Å². The lowest BCUT2D eigenvalue weighted by atomic mass is 9.64. The maximum Gasteiger partial charge on any atom is 0.111 e. The van der Waals surface area contributed by atoms with Crippen molar-refractivity contribution in [1.29, 1.82) is 0 Å². The highest BCUT2D eigenvalue weighted by Gasteiger charge is 2.78. The minimum absolute atomic E-state index is 0.0354. The number of hydrogen-bond donors (Lipinski definition) is 2. The number of quaternary nitrogens is 1. The molecule has 3 nitrogen and oxygen atoms in total. The van der Waals surface area contributed by atoms with Gasteiger partial charge in [-0.05, 0) is 24.1 Å². The van der Waals surface area contributed by atoms with Gasteiger partial charge in [0.15, 0.2) is 0 Å². The summed E-state index contributed by atoms with van der Waals surface area (Å²) in [5, 5.41) is 15.4. The molecule has 1 spiro atoms. The van der Waals surface area contributed by atoms with E-state index in [9.17, 15) is 5.11 Å². The van der Waals surface area contributed by atoms with Crippen molar-refractivity contribution in [2.45, 2.75) is 49.4 Å². The van der Waals surface area contributed by atoms with Crippen molar-refractivity contribution >= 4 is 5.69 Å². The van der Waals surface area contributed by atoms with Gasteiger partial charge < -0.3 is 14.9 Å². The van der Waals surface area contributed by atoms with Gasteiger partial charge in [-0.1, -0.05) is 24.3 Å². The summed E-state index contributed by atoms with van der Waals surface area (Å²) >= 11 is 0. The molecule has 1 saturated carbocycles. The van der Waals surface area contributed by atoms with E-state index in [1.807, 2.05) is 0 Å². The molecular formula is C20H25N2O+. The topological polar surface area (TPSA) is 32.3 Å². The summed E-state index contributed by atoms with van der Waals surface area (Å²) in [6.45, 7) is 3.39. The molecule has 1 aromatic carbocycles. The summed E-state index contributed by atoms with van der Waals surface area (Å²) in [5.74, 6) is 1.07. The Hall–Kier alpha value is -1.32. The highest BCUT2D eigenvalue weighted by Crippen LogP contribution is 2.68. The first kappa shape index (κ1) is 13.0. The van der Waals surface area contributed by atoms with Crippen LogP contribution < -0.4 is 5.32 Å². The van der Waals surface area contributed by atoms with Crippen LogP contribution in [0.2, 0.25) is 0 Å². The fraction of sp³-hybridized carbons (Fsp3) is 0.600. The molecule has 0 aromatic heterocycles. The van der Waals surface area contributed by atoms with E-state index in [0.29, 0.717) is 30.0 Å². The molecule has 2 N–H and O–H groups in total. The van der Waals surface area contributed by atoms with E-state index in [4.69, 9.17) is 0 Å². The Labute approximate surface area is 137 Å². The lowest BCUT2D eigenvalue weighted by Crippen LogP contribution is -2.75. The van der Waals surface area contributed by atoms with E-state index < -0.39 is 0 Å². The summed E-state index contributed by atoms with van der Waals surface area (Å²) in [7, 11) is 2.47. The van der Waals surface area contributed by atoms with Crippen LogP contribution in [0.15, 0.2) is 35.9 Å². The molecular weight excluding hydrogens is 284 g/mol. The summed E-state index contributed by atoms with van der Waals surface area (Å²) in [6, 6.07) is 10.4. The first-order valence-corrected chi connectivity index (χ1v) is 9.15. The van der Waals surface area contributed by atoms with Crippen molar-refractivity contribution < 1.29 is 9.59 Å². The first-order chi connectivity index (χ1) is 11.1. The first-order valence-electron chi connectivity index (χ1n) is 9.15. The van der Waals surface area contributed by atoms with E-state index in [0.717, 1.165) is 10.9 Å². The summed E-state index contributed by atoms with van der Waals surface area (Å²) in [5.41, 5.74) is 4.24. The number of rotatable bonds is 0. The Morgan fingerprint density at radius 1 is 1.30 bits per heavy atom. The Kier molecular flexibility index (Phi) is 2.08. The molecule has 5 aliphatic heterocycles. The molecule has 3 heteroatoms. The van der Waals surface area contributed by atoms with Gasteiger partial charge in [-0.15, -0.1) is 0 Å². The molecule has 6 aliphatic rings. The molecule has 5 bridgehead atoms. The molecule has 7 rings (SSSR count). The van der Waals surface area contributed by atoms with Crippen molar-refractivity contribution in [1.82, 2.24) is 0 Å². The number of aliphatic hydroxyl groups is 1. The van der Waals surface area contributed by atoms with Crippen LogP contribution in [0.3, 0.4) is 0 Å². The molecule has 0 radical (unpaired) electrons. The number of fused-ring (bicyclic) bond motifs is 2. The van der Waals surface area contributed by atoms with Crippen LogP contribution in [0.5, 0.6) is 0 Å². The summed E-state index contributed by atoms with van der Waals surface area (Å²) in [6.07, 6.45) is 4.56. The van der Waals surface area contributed by atoms with E-state index in [1.54, 1.807) is 5.57 Å². The Balaban J connectivity index is 1.63. The van der Waals surface area contributed by atoms with Crippen LogP contribution in [0.4, 0.5) is 5.69 Å². The average Bonchev–Trinajstić information content (AvgIpc) is 3.02. The number of likely N-dealkylation sites (N-methyl/N-ethyl adjacent to an activating group) is 1. The third-order valence-electron chi connectivity index (χ3n) is 8.41. The van der Waals surface area contributed by atoms with E-state index in [-0.39, 0.29) is 11.5 Å². The van der Waals surface area contributed by atoms with Gasteiger partial charge in [0.1, 0.15) is 12.6 Å². The molecule has 1 aromatic rings. The maximum absolute atomic E-state index is 11.6. The molecule has 4 saturated heterocycles. The summed E-state index contributed by atoms with van der Waals surface area (Å²) in [4.78, 5) is 0. The molecule has 23 heavy (non-hydrogen) atoms. The van der Waals surface area contributed by atoms with Gasteiger partial charge in [0.25, 0.3) is 0 Å². The number of nitrogens with zero attached hydrogens (tertiary/aromatic N) is 1. The van der Waals surface area contributed by atoms with Crippen molar-refractivity contribution in [3.05, 3.63) is 41.5 Å². The van der Waals surface area contributed by atoms with Crippen LogP contribution >= 0.6 is 0 Å².